The lowest BCUT2D eigenvalue weighted by molar-refractivity contribution is -0.126. The molecule has 1 unspecified atom stereocenters. The molecule has 2 aromatic carbocycles. The maximum absolute atomic E-state index is 12.8. The van der Waals surface area contributed by atoms with E-state index < -0.39 is 10.0 Å². The highest BCUT2D eigenvalue weighted by atomic mass is 32.2. The van der Waals surface area contributed by atoms with Gasteiger partial charge in [0.1, 0.15) is 6.61 Å². The Morgan fingerprint density at radius 1 is 1.09 bits per heavy atom. The summed E-state index contributed by atoms with van der Waals surface area (Å²) in [5.74, 6) is 0.897. The predicted molar refractivity (Wildman–Crippen MR) is 124 cm³/mol. The fraction of sp³-hybridized carbons (Fsp3) is 0.458. The van der Waals surface area contributed by atoms with E-state index in [1.165, 1.54) is 4.31 Å². The lowest BCUT2D eigenvalue weighted by Crippen LogP contribution is -2.46. The zero-order valence-electron chi connectivity index (χ0n) is 18.5. The van der Waals surface area contributed by atoms with Crippen LogP contribution in [0.3, 0.4) is 0 Å². The lowest BCUT2D eigenvalue weighted by Gasteiger charge is -2.31. The maximum atomic E-state index is 12.8. The van der Waals surface area contributed by atoms with Crippen molar-refractivity contribution < 1.29 is 22.7 Å². The van der Waals surface area contributed by atoms with Gasteiger partial charge in [-0.3, -0.25) is 4.79 Å². The summed E-state index contributed by atoms with van der Waals surface area (Å²) in [4.78, 5) is 12.6. The van der Waals surface area contributed by atoms with Gasteiger partial charge in [0, 0.05) is 13.1 Å². The molecule has 7 nitrogen and oxygen atoms in total. The van der Waals surface area contributed by atoms with Gasteiger partial charge >= 0.3 is 0 Å². The number of sulfonamides is 1. The summed E-state index contributed by atoms with van der Waals surface area (Å²) in [6, 6.07) is 17.2. The summed E-state index contributed by atoms with van der Waals surface area (Å²) >= 11 is 0. The van der Waals surface area contributed by atoms with Crippen molar-refractivity contribution in [1.29, 1.82) is 0 Å². The number of amides is 1. The second-order valence-corrected chi connectivity index (χ2v) is 9.98. The topological polar surface area (TPSA) is 84.9 Å². The van der Waals surface area contributed by atoms with Crippen LogP contribution in [0.15, 0.2) is 54.6 Å². The van der Waals surface area contributed by atoms with Crippen LogP contribution in [-0.2, 0) is 21.2 Å². The normalized spacial score (nSPS) is 17.0. The first-order valence-electron chi connectivity index (χ1n) is 11.0. The number of nitrogens with one attached hydrogen (secondary N) is 1. The Hall–Kier alpha value is -2.58. The van der Waals surface area contributed by atoms with Crippen molar-refractivity contribution in [2.75, 3.05) is 39.1 Å². The molecule has 0 bridgehead atoms. The van der Waals surface area contributed by atoms with Crippen molar-refractivity contribution in [2.24, 2.45) is 5.92 Å². The molecule has 0 aromatic heterocycles. The number of piperidine rings is 1. The number of aryl methyl sites for hydroxylation is 1. The van der Waals surface area contributed by atoms with Gasteiger partial charge in [-0.15, -0.1) is 0 Å². The third-order valence-corrected chi connectivity index (χ3v) is 7.51. The van der Waals surface area contributed by atoms with E-state index in [-0.39, 0.29) is 24.1 Å². The third-order valence-electron chi connectivity index (χ3n) is 5.59. The largest absolute Gasteiger partial charge is 0.493 e. The molecule has 1 amide bonds. The first-order chi connectivity index (χ1) is 15.5. The molecule has 1 aliphatic rings. The van der Waals surface area contributed by atoms with Crippen molar-refractivity contribution in [3.05, 3.63) is 60.2 Å². The molecule has 0 radical (unpaired) electrons. The highest BCUT2D eigenvalue weighted by molar-refractivity contribution is 7.89. The Morgan fingerprint density at radius 3 is 2.56 bits per heavy atom. The molecule has 1 saturated heterocycles. The van der Waals surface area contributed by atoms with Gasteiger partial charge in [-0.1, -0.05) is 42.5 Å². The summed E-state index contributed by atoms with van der Waals surface area (Å²) in [5.41, 5.74) is 1.13. The third kappa shape index (κ3) is 6.97. The highest BCUT2D eigenvalue weighted by Crippen LogP contribution is 2.25. The number of nitrogens with zero attached hydrogens (tertiary/aromatic N) is 1. The van der Waals surface area contributed by atoms with Gasteiger partial charge in [-0.05, 0) is 43.4 Å². The Balaban J connectivity index is 1.42. The molecular weight excluding hydrogens is 428 g/mol. The van der Waals surface area contributed by atoms with Crippen molar-refractivity contribution in [3.8, 4) is 11.5 Å². The van der Waals surface area contributed by atoms with Gasteiger partial charge in [-0.2, -0.15) is 0 Å². The second kappa shape index (κ2) is 11.9. The van der Waals surface area contributed by atoms with E-state index >= 15 is 0 Å². The van der Waals surface area contributed by atoms with Crippen molar-refractivity contribution >= 4 is 15.9 Å². The minimum absolute atomic E-state index is 0.100. The molecule has 32 heavy (non-hydrogen) atoms. The van der Waals surface area contributed by atoms with Gasteiger partial charge in [-0.25, -0.2) is 12.7 Å². The van der Waals surface area contributed by atoms with Gasteiger partial charge in [0.05, 0.1) is 25.3 Å². The molecule has 1 aliphatic heterocycles. The molecule has 1 heterocycles. The summed E-state index contributed by atoms with van der Waals surface area (Å²) in [5, 5.41) is 2.87. The quantitative estimate of drug-likeness (QED) is 0.521. The van der Waals surface area contributed by atoms with Crippen LogP contribution in [0.2, 0.25) is 0 Å². The molecule has 2 aromatic rings. The highest BCUT2D eigenvalue weighted by Gasteiger charge is 2.31. The minimum Gasteiger partial charge on any atom is -0.493 e. The number of methoxy groups -OCH3 is 1. The van der Waals surface area contributed by atoms with E-state index in [4.69, 9.17) is 9.47 Å². The van der Waals surface area contributed by atoms with Crippen molar-refractivity contribution in [2.45, 2.75) is 25.7 Å². The molecule has 3 rings (SSSR count). The smallest absolute Gasteiger partial charge is 0.224 e. The molecule has 0 saturated carbocycles. The first-order valence-corrected chi connectivity index (χ1v) is 12.7. The van der Waals surface area contributed by atoms with Gasteiger partial charge in [0.25, 0.3) is 0 Å². The number of carbonyl (C=O) groups is 1. The van der Waals surface area contributed by atoms with Gasteiger partial charge in [0.15, 0.2) is 11.5 Å². The Kier molecular flexibility index (Phi) is 8.93. The number of ether oxygens (including phenoxy) is 2. The molecular formula is C24H32N2O5S. The number of benzene rings is 2. The van der Waals surface area contributed by atoms with Crippen LogP contribution in [0, 0.1) is 5.92 Å². The molecule has 1 atom stereocenters. The SMILES string of the molecule is COc1ccccc1OCCNC(=O)C1CCCN(S(=O)(=O)CCCc2ccccc2)C1. The molecule has 0 aliphatic carbocycles. The average molecular weight is 461 g/mol. The van der Waals surface area contributed by atoms with E-state index in [1.807, 2.05) is 54.6 Å². The standard InChI is InChI=1S/C24H32N2O5S/c1-30-22-13-5-6-14-23(22)31-17-15-25-24(27)21-12-7-16-26(19-21)32(28,29)18-8-11-20-9-3-2-4-10-20/h2-6,9-10,13-14,21H,7-8,11-12,15-19H2,1H3,(H,25,27). The minimum atomic E-state index is -3.37. The van der Waals surface area contributed by atoms with Crippen molar-refractivity contribution in [3.63, 3.8) is 0 Å². The van der Waals surface area contributed by atoms with E-state index in [2.05, 4.69) is 5.32 Å². The maximum Gasteiger partial charge on any atom is 0.224 e. The summed E-state index contributed by atoms with van der Waals surface area (Å²) in [7, 11) is -1.80. The van der Waals surface area contributed by atoms with Crippen LogP contribution in [0.4, 0.5) is 0 Å². The fourth-order valence-corrected chi connectivity index (χ4v) is 5.44. The van der Waals surface area contributed by atoms with E-state index in [0.717, 1.165) is 12.0 Å². The Labute approximate surface area is 190 Å². The van der Waals surface area contributed by atoms with Crippen LogP contribution in [0.25, 0.3) is 0 Å². The number of hydrogen-bond acceptors (Lipinski definition) is 5. The Morgan fingerprint density at radius 2 is 1.81 bits per heavy atom. The van der Waals surface area contributed by atoms with Crippen LogP contribution < -0.4 is 14.8 Å². The summed E-state index contributed by atoms with van der Waals surface area (Å²) in [6.45, 7) is 1.37. The van der Waals surface area contributed by atoms with Crippen LogP contribution in [-0.4, -0.2) is 57.7 Å². The van der Waals surface area contributed by atoms with Crippen LogP contribution >= 0.6 is 0 Å². The van der Waals surface area contributed by atoms with Crippen molar-refractivity contribution in [1.82, 2.24) is 9.62 Å². The zero-order valence-corrected chi connectivity index (χ0v) is 19.4. The lowest BCUT2D eigenvalue weighted by atomic mass is 9.99. The molecule has 1 fully saturated rings. The fourth-order valence-electron chi connectivity index (χ4n) is 3.86. The second-order valence-electron chi connectivity index (χ2n) is 7.89. The van der Waals surface area contributed by atoms with E-state index in [0.29, 0.717) is 50.5 Å². The first kappa shape index (κ1) is 24.1. The molecule has 8 heteroatoms. The number of para-hydroxylation sites is 2. The number of hydrogen-bond donors (Lipinski definition) is 1. The molecule has 1 N–H and O–H groups in total. The van der Waals surface area contributed by atoms with Crippen LogP contribution in [0.1, 0.15) is 24.8 Å². The molecule has 174 valence electrons. The van der Waals surface area contributed by atoms with E-state index in [1.54, 1.807) is 7.11 Å². The monoisotopic (exact) mass is 460 g/mol. The predicted octanol–water partition coefficient (Wildman–Crippen LogP) is 2.86. The van der Waals surface area contributed by atoms with Gasteiger partial charge < -0.3 is 14.8 Å². The molecule has 0 spiro atoms. The van der Waals surface area contributed by atoms with Gasteiger partial charge in [0.2, 0.25) is 15.9 Å². The number of rotatable bonds is 11. The summed E-state index contributed by atoms with van der Waals surface area (Å²) in [6.07, 6.45) is 2.67. The average Bonchev–Trinajstić information content (AvgIpc) is 2.82. The number of carbonyl (C=O) groups excluding carboxylic acids is 1. The van der Waals surface area contributed by atoms with E-state index in [9.17, 15) is 13.2 Å². The Bertz CT molecular complexity index is 965. The summed E-state index contributed by atoms with van der Waals surface area (Å²) < 4.78 is 38.0. The van der Waals surface area contributed by atoms with Crippen LogP contribution in [0.5, 0.6) is 11.5 Å². The zero-order chi connectivity index (χ0) is 22.8.